The normalized spacial score (nSPS) is 11.6. The second-order valence-corrected chi connectivity index (χ2v) is 9.30. The van der Waals surface area contributed by atoms with Gasteiger partial charge >= 0.3 is 0 Å². The summed E-state index contributed by atoms with van der Waals surface area (Å²) in [6.07, 6.45) is 6.16. The van der Waals surface area contributed by atoms with Crippen LogP contribution < -0.4 is 0 Å². The maximum absolute atomic E-state index is 4.63. The summed E-state index contributed by atoms with van der Waals surface area (Å²) in [4.78, 5) is 13.9. The van der Waals surface area contributed by atoms with Gasteiger partial charge in [0.05, 0.1) is 0 Å². The lowest BCUT2D eigenvalue weighted by atomic mass is 10.2. The van der Waals surface area contributed by atoms with E-state index in [-0.39, 0.29) is 0 Å². The van der Waals surface area contributed by atoms with Gasteiger partial charge in [0, 0.05) is 0 Å². The summed E-state index contributed by atoms with van der Waals surface area (Å²) in [6.45, 7) is 0. The molecule has 0 bridgehead atoms. The Morgan fingerprint density at radius 3 is 0.939 bits per heavy atom. The molecular weight excluding hydrogens is 463 g/mol. The molecule has 3 nitrogen and oxygen atoms in total. The molecule has 0 amide bonds. The zero-order valence-corrected chi connectivity index (χ0v) is 20.1. The fourth-order valence-electron chi connectivity index (χ4n) is 2.69. The van der Waals surface area contributed by atoms with Crippen molar-refractivity contribution >= 4 is 53.5 Å². The Bertz CT molecular complexity index is 1060. The topological polar surface area (TPSA) is 38.7 Å². The van der Waals surface area contributed by atoms with Gasteiger partial charge in [0.25, 0.3) is 0 Å². The predicted molar refractivity (Wildman–Crippen MR) is 144 cm³/mol. The van der Waals surface area contributed by atoms with Gasteiger partial charge in [-0.3, -0.25) is 0 Å². The monoisotopic (exact) mass is 483 g/mol. The first kappa shape index (κ1) is 23.1. The minimum Gasteiger partial charge on any atom is -0.196 e. The van der Waals surface area contributed by atoms with Crippen molar-refractivity contribution in [1.82, 2.24) is 15.0 Å². The fourth-order valence-corrected chi connectivity index (χ4v) is 4.74. The van der Waals surface area contributed by atoms with Crippen LogP contribution in [0.4, 0.5) is 0 Å². The van der Waals surface area contributed by atoms with Crippen LogP contribution >= 0.6 is 35.3 Å². The molecule has 0 saturated heterocycles. The largest absolute Gasteiger partial charge is 0.196 e. The molecule has 4 rings (SSSR count). The lowest BCUT2D eigenvalue weighted by Gasteiger charge is -2.02. The van der Waals surface area contributed by atoms with E-state index in [4.69, 9.17) is 0 Å². The molecule has 4 aromatic rings. The SMILES string of the molecule is C(=Cc1ccccc1)Sc1nc(SC=Cc2ccccc2)nc(SC=Cc2ccccc2)n1. The van der Waals surface area contributed by atoms with Crippen LogP contribution in [0.25, 0.3) is 18.2 Å². The first-order valence-electron chi connectivity index (χ1n) is 10.3. The molecule has 1 heterocycles. The molecule has 0 unspecified atom stereocenters. The Morgan fingerprint density at radius 1 is 0.394 bits per heavy atom. The highest BCUT2D eigenvalue weighted by molar-refractivity contribution is 8.03. The van der Waals surface area contributed by atoms with E-state index >= 15 is 0 Å². The Balaban J connectivity index is 1.49. The van der Waals surface area contributed by atoms with Crippen LogP contribution in [-0.2, 0) is 0 Å². The fraction of sp³-hybridized carbons (Fsp3) is 0. The summed E-state index contributed by atoms with van der Waals surface area (Å²) in [5.74, 6) is 0. The van der Waals surface area contributed by atoms with Crippen molar-refractivity contribution < 1.29 is 0 Å². The number of benzene rings is 3. The van der Waals surface area contributed by atoms with E-state index in [0.29, 0.717) is 15.5 Å². The van der Waals surface area contributed by atoms with E-state index in [1.165, 1.54) is 35.3 Å². The molecule has 6 heteroatoms. The molecule has 0 aliphatic rings. The van der Waals surface area contributed by atoms with E-state index in [0.717, 1.165) is 16.7 Å². The van der Waals surface area contributed by atoms with Crippen molar-refractivity contribution in [2.45, 2.75) is 15.5 Å². The number of aromatic nitrogens is 3. The minimum absolute atomic E-state index is 0.670. The van der Waals surface area contributed by atoms with Gasteiger partial charge in [0.15, 0.2) is 15.5 Å². The van der Waals surface area contributed by atoms with Gasteiger partial charge in [-0.05, 0) is 51.1 Å². The van der Waals surface area contributed by atoms with Crippen molar-refractivity contribution in [3.05, 3.63) is 124 Å². The minimum atomic E-state index is 0.670. The summed E-state index contributed by atoms with van der Waals surface area (Å²) in [5, 5.41) is 8.03. The van der Waals surface area contributed by atoms with Crippen LogP contribution in [0, 0.1) is 0 Å². The molecule has 0 aliphatic heterocycles. The van der Waals surface area contributed by atoms with Gasteiger partial charge < -0.3 is 0 Å². The summed E-state index contributed by atoms with van der Waals surface area (Å²) in [6, 6.07) is 30.6. The van der Waals surface area contributed by atoms with Gasteiger partial charge in [0.2, 0.25) is 0 Å². The molecule has 1 aromatic heterocycles. The molecule has 0 saturated carbocycles. The highest BCUT2D eigenvalue weighted by Crippen LogP contribution is 2.26. The van der Waals surface area contributed by atoms with Crippen LogP contribution in [0.5, 0.6) is 0 Å². The van der Waals surface area contributed by atoms with Crippen molar-refractivity contribution in [3.8, 4) is 0 Å². The number of nitrogens with zero attached hydrogens (tertiary/aromatic N) is 3. The molecule has 162 valence electrons. The molecule has 0 atom stereocenters. The van der Waals surface area contributed by atoms with Crippen molar-refractivity contribution in [2.24, 2.45) is 0 Å². The van der Waals surface area contributed by atoms with Crippen molar-refractivity contribution in [2.75, 3.05) is 0 Å². The van der Waals surface area contributed by atoms with Gasteiger partial charge in [-0.1, -0.05) is 126 Å². The standard InChI is InChI=1S/C27H21N3S3/c1-4-10-22(11-5-1)16-19-31-25-28-26(32-20-17-23-12-6-2-7-13-23)30-27(29-25)33-21-18-24-14-8-3-9-15-24/h1-21H. The molecule has 33 heavy (non-hydrogen) atoms. The average molecular weight is 484 g/mol. The number of hydrogen-bond donors (Lipinski definition) is 0. The van der Waals surface area contributed by atoms with E-state index < -0.39 is 0 Å². The third-order valence-electron chi connectivity index (χ3n) is 4.27. The molecular formula is C27H21N3S3. The Labute approximate surface area is 207 Å². The lowest BCUT2D eigenvalue weighted by molar-refractivity contribution is 0.721. The highest BCUT2D eigenvalue weighted by atomic mass is 32.2. The molecule has 0 fully saturated rings. The summed E-state index contributed by atoms with van der Waals surface area (Å²) < 4.78 is 0. The second kappa shape index (κ2) is 12.8. The van der Waals surface area contributed by atoms with Crippen LogP contribution in [0.1, 0.15) is 16.7 Å². The van der Waals surface area contributed by atoms with E-state index in [2.05, 4.69) is 69.6 Å². The molecule has 0 aliphatic carbocycles. The van der Waals surface area contributed by atoms with Crippen LogP contribution in [0.2, 0.25) is 0 Å². The van der Waals surface area contributed by atoms with Crippen LogP contribution in [0.15, 0.2) is 123 Å². The lowest BCUT2D eigenvalue weighted by Crippen LogP contribution is -1.95. The zero-order chi connectivity index (χ0) is 22.6. The maximum Gasteiger partial charge on any atom is 0.196 e. The smallest absolute Gasteiger partial charge is 0.196 e. The molecule has 0 radical (unpaired) electrons. The highest BCUT2D eigenvalue weighted by Gasteiger charge is 2.06. The predicted octanol–water partition coefficient (Wildman–Crippen LogP) is 8.16. The van der Waals surface area contributed by atoms with Gasteiger partial charge in [-0.2, -0.15) is 15.0 Å². The van der Waals surface area contributed by atoms with Crippen molar-refractivity contribution in [1.29, 1.82) is 0 Å². The Hall–Kier alpha value is -3.06. The first-order valence-corrected chi connectivity index (χ1v) is 12.9. The number of hydrogen-bond acceptors (Lipinski definition) is 6. The van der Waals surface area contributed by atoms with Gasteiger partial charge in [-0.15, -0.1) is 0 Å². The third-order valence-corrected chi connectivity index (χ3v) is 6.27. The quantitative estimate of drug-likeness (QED) is 0.224. The zero-order valence-electron chi connectivity index (χ0n) is 17.7. The summed E-state index contributed by atoms with van der Waals surface area (Å²) in [5.41, 5.74) is 3.42. The third kappa shape index (κ3) is 8.09. The van der Waals surface area contributed by atoms with E-state index in [9.17, 15) is 0 Å². The van der Waals surface area contributed by atoms with E-state index in [1.54, 1.807) is 0 Å². The average Bonchev–Trinajstić information content (AvgIpc) is 2.86. The Morgan fingerprint density at radius 2 is 0.667 bits per heavy atom. The number of thioether (sulfide) groups is 3. The van der Waals surface area contributed by atoms with Crippen molar-refractivity contribution in [3.63, 3.8) is 0 Å². The first-order chi connectivity index (χ1) is 16.3. The number of rotatable bonds is 9. The van der Waals surface area contributed by atoms with E-state index in [1.807, 2.05) is 70.8 Å². The second-order valence-electron chi connectivity index (χ2n) is 6.68. The molecule has 0 spiro atoms. The molecule has 3 aromatic carbocycles. The van der Waals surface area contributed by atoms with Crippen LogP contribution in [-0.4, -0.2) is 15.0 Å². The molecule has 0 N–H and O–H groups in total. The summed E-state index contributed by atoms with van der Waals surface area (Å²) in [7, 11) is 0. The maximum atomic E-state index is 4.63. The Kier molecular flexibility index (Phi) is 8.99. The summed E-state index contributed by atoms with van der Waals surface area (Å²) >= 11 is 4.46. The van der Waals surface area contributed by atoms with Gasteiger partial charge in [0.1, 0.15) is 0 Å². The van der Waals surface area contributed by atoms with Gasteiger partial charge in [-0.25, -0.2) is 0 Å². The van der Waals surface area contributed by atoms with Crippen LogP contribution in [0.3, 0.4) is 0 Å².